The molecular formula is C7H10O3. The molecule has 0 bridgehead atoms. The average Bonchev–Trinajstić information content (AvgIpc) is 2.64. The summed E-state index contributed by atoms with van der Waals surface area (Å²) < 4.78 is 0. The van der Waals surface area contributed by atoms with Gasteiger partial charge in [0.2, 0.25) is 0 Å². The lowest BCUT2D eigenvalue weighted by atomic mass is 10.1. The van der Waals surface area contributed by atoms with Gasteiger partial charge in [0.1, 0.15) is 0 Å². The second kappa shape index (κ2) is 2.42. The lowest BCUT2D eigenvalue weighted by Crippen LogP contribution is -2.02. The normalized spacial score (nSPS) is 21.3. The van der Waals surface area contributed by atoms with Gasteiger partial charge in [-0.1, -0.05) is 6.08 Å². The first-order valence-electron chi connectivity index (χ1n) is 3.22. The lowest BCUT2D eigenvalue weighted by Gasteiger charge is -2.00. The molecule has 0 atom stereocenters. The summed E-state index contributed by atoms with van der Waals surface area (Å²) in [6.07, 6.45) is 4.50. The highest BCUT2D eigenvalue weighted by atomic mass is 16.4. The number of hydrogen-bond acceptors (Lipinski definition) is 2. The van der Waals surface area contributed by atoms with Crippen LogP contribution in [0.25, 0.3) is 0 Å². The second-order valence-corrected chi connectivity index (χ2v) is 2.69. The molecule has 3 heteroatoms. The third-order valence-electron chi connectivity index (χ3n) is 1.79. The van der Waals surface area contributed by atoms with Crippen molar-refractivity contribution < 1.29 is 15.0 Å². The number of aliphatic hydroxyl groups excluding tert-OH is 1. The third kappa shape index (κ3) is 1.57. The van der Waals surface area contributed by atoms with Gasteiger partial charge in [-0.05, 0) is 12.8 Å². The largest absolute Gasteiger partial charge is 0.478 e. The summed E-state index contributed by atoms with van der Waals surface area (Å²) in [6, 6.07) is 0. The van der Waals surface area contributed by atoms with Crippen LogP contribution in [0.2, 0.25) is 0 Å². The lowest BCUT2D eigenvalue weighted by molar-refractivity contribution is -0.131. The summed E-state index contributed by atoms with van der Waals surface area (Å²) >= 11 is 0. The number of carbonyl (C=O) groups is 1. The van der Waals surface area contributed by atoms with Crippen LogP contribution < -0.4 is 0 Å². The van der Waals surface area contributed by atoms with E-state index in [2.05, 4.69) is 0 Å². The molecule has 1 rings (SSSR count). The molecule has 0 saturated heterocycles. The summed E-state index contributed by atoms with van der Waals surface area (Å²) in [5, 5.41) is 17.0. The number of rotatable bonds is 3. The van der Waals surface area contributed by atoms with Crippen LogP contribution in [-0.4, -0.2) is 22.8 Å². The fourth-order valence-corrected chi connectivity index (χ4v) is 0.786. The van der Waals surface area contributed by atoms with Crippen molar-refractivity contribution in [3.05, 3.63) is 12.2 Å². The molecule has 1 fully saturated rings. The van der Waals surface area contributed by atoms with Crippen molar-refractivity contribution in [3.8, 4) is 0 Å². The summed E-state index contributed by atoms with van der Waals surface area (Å²) in [6.45, 7) is 0.0662. The molecule has 0 radical (unpaired) electrons. The number of aliphatic hydroxyl groups is 1. The summed E-state index contributed by atoms with van der Waals surface area (Å²) in [5.41, 5.74) is -0.182. The molecule has 0 spiro atoms. The highest BCUT2D eigenvalue weighted by molar-refractivity contribution is 5.79. The van der Waals surface area contributed by atoms with Crippen LogP contribution in [0.5, 0.6) is 0 Å². The smallest absolute Gasteiger partial charge is 0.327 e. The van der Waals surface area contributed by atoms with Gasteiger partial charge in [0.05, 0.1) is 6.61 Å². The molecule has 2 N–H and O–H groups in total. The van der Waals surface area contributed by atoms with Crippen molar-refractivity contribution in [1.29, 1.82) is 0 Å². The predicted octanol–water partition coefficient (Wildman–Crippen LogP) is 0.400. The Morgan fingerprint density at radius 1 is 1.60 bits per heavy atom. The Labute approximate surface area is 59.0 Å². The Hall–Kier alpha value is -0.830. The molecule has 0 unspecified atom stereocenters. The van der Waals surface area contributed by atoms with E-state index in [4.69, 9.17) is 10.2 Å². The maximum Gasteiger partial charge on any atom is 0.327 e. The van der Waals surface area contributed by atoms with Crippen LogP contribution in [0, 0.1) is 5.41 Å². The van der Waals surface area contributed by atoms with Gasteiger partial charge < -0.3 is 10.2 Å². The van der Waals surface area contributed by atoms with E-state index in [1.165, 1.54) is 0 Å². The zero-order valence-electron chi connectivity index (χ0n) is 5.58. The molecule has 0 heterocycles. The molecule has 0 amide bonds. The molecule has 0 aromatic heterocycles. The molecule has 56 valence electrons. The van der Waals surface area contributed by atoms with Crippen molar-refractivity contribution in [2.75, 3.05) is 6.61 Å². The topological polar surface area (TPSA) is 57.5 Å². The SMILES string of the molecule is O=C(O)/C=C/C1(CO)CC1. The molecule has 0 aromatic carbocycles. The van der Waals surface area contributed by atoms with Gasteiger partial charge >= 0.3 is 5.97 Å². The molecule has 0 aliphatic heterocycles. The highest BCUT2D eigenvalue weighted by Crippen LogP contribution is 2.46. The Bertz CT molecular complexity index is 168. The highest BCUT2D eigenvalue weighted by Gasteiger charge is 2.39. The van der Waals surface area contributed by atoms with Gasteiger partial charge in [0, 0.05) is 11.5 Å². The van der Waals surface area contributed by atoms with E-state index < -0.39 is 5.97 Å². The van der Waals surface area contributed by atoms with Crippen molar-refractivity contribution in [2.45, 2.75) is 12.8 Å². The molecule has 3 nitrogen and oxygen atoms in total. The summed E-state index contributed by atoms with van der Waals surface area (Å²) in [7, 11) is 0. The number of carboxylic acids is 1. The van der Waals surface area contributed by atoms with Gasteiger partial charge in [-0.25, -0.2) is 4.79 Å². The minimum atomic E-state index is -0.945. The molecular weight excluding hydrogens is 132 g/mol. The quantitative estimate of drug-likeness (QED) is 0.561. The summed E-state index contributed by atoms with van der Waals surface area (Å²) in [5.74, 6) is -0.945. The van der Waals surface area contributed by atoms with Crippen LogP contribution in [0.15, 0.2) is 12.2 Å². The molecule has 1 aliphatic rings. The molecule has 1 saturated carbocycles. The van der Waals surface area contributed by atoms with E-state index in [0.29, 0.717) is 0 Å². The number of carboxylic acid groups (broad SMARTS) is 1. The van der Waals surface area contributed by atoms with Crippen LogP contribution in [0.3, 0.4) is 0 Å². The van der Waals surface area contributed by atoms with Gasteiger partial charge in [-0.3, -0.25) is 0 Å². The van der Waals surface area contributed by atoms with Crippen LogP contribution in [0.1, 0.15) is 12.8 Å². The van der Waals surface area contributed by atoms with Crippen molar-refractivity contribution in [1.82, 2.24) is 0 Å². The van der Waals surface area contributed by atoms with E-state index in [1.54, 1.807) is 6.08 Å². The van der Waals surface area contributed by atoms with E-state index >= 15 is 0 Å². The molecule has 0 aromatic rings. The van der Waals surface area contributed by atoms with Gasteiger partial charge in [-0.2, -0.15) is 0 Å². The molecule has 1 aliphatic carbocycles. The van der Waals surface area contributed by atoms with Crippen LogP contribution >= 0.6 is 0 Å². The standard InChI is InChI=1S/C7H10O3/c8-5-7(3-4-7)2-1-6(9)10/h1-2,8H,3-5H2,(H,9,10)/b2-1+. The van der Waals surface area contributed by atoms with Crippen LogP contribution in [-0.2, 0) is 4.79 Å². The average molecular weight is 142 g/mol. The first-order chi connectivity index (χ1) is 4.68. The fraction of sp³-hybridized carbons (Fsp3) is 0.571. The minimum Gasteiger partial charge on any atom is -0.478 e. The maximum atomic E-state index is 10.0. The Morgan fingerprint density at radius 2 is 2.20 bits per heavy atom. The van der Waals surface area contributed by atoms with Crippen LogP contribution in [0.4, 0.5) is 0 Å². The van der Waals surface area contributed by atoms with Gasteiger partial charge in [0.25, 0.3) is 0 Å². The van der Waals surface area contributed by atoms with Gasteiger partial charge in [0.15, 0.2) is 0 Å². The minimum absolute atomic E-state index is 0.0662. The number of hydrogen-bond donors (Lipinski definition) is 2. The van der Waals surface area contributed by atoms with Gasteiger partial charge in [-0.15, -0.1) is 0 Å². The van der Waals surface area contributed by atoms with E-state index in [1.807, 2.05) is 0 Å². The first kappa shape index (κ1) is 7.28. The van der Waals surface area contributed by atoms with E-state index in [-0.39, 0.29) is 12.0 Å². The summed E-state index contributed by atoms with van der Waals surface area (Å²) in [4.78, 5) is 10.0. The van der Waals surface area contributed by atoms with Crippen molar-refractivity contribution in [2.24, 2.45) is 5.41 Å². The van der Waals surface area contributed by atoms with Crippen molar-refractivity contribution >= 4 is 5.97 Å². The first-order valence-corrected chi connectivity index (χ1v) is 3.22. The monoisotopic (exact) mass is 142 g/mol. The maximum absolute atomic E-state index is 10.0. The zero-order valence-corrected chi connectivity index (χ0v) is 5.58. The predicted molar refractivity (Wildman–Crippen MR) is 35.5 cm³/mol. The molecule has 10 heavy (non-hydrogen) atoms. The zero-order chi connectivity index (χ0) is 7.61. The Balaban J connectivity index is 2.44. The fourth-order valence-electron chi connectivity index (χ4n) is 0.786. The third-order valence-corrected chi connectivity index (χ3v) is 1.79. The Morgan fingerprint density at radius 3 is 2.50 bits per heavy atom. The number of aliphatic carboxylic acids is 1. The van der Waals surface area contributed by atoms with E-state index in [0.717, 1.165) is 18.9 Å². The van der Waals surface area contributed by atoms with Crippen molar-refractivity contribution in [3.63, 3.8) is 0 Å². The Kier molecular flexibility index (Phi) is 1.76. The second-order valence-electron chi connectivity index (χ2n) is 2.69. The van der Waals surface area contributed by atoms with E-state index in [9.17, 15) is 4.79 Å².